The molecule has 6 heteroatoms. The minimum Gasteiger partial charge on any atom is -0.385 e. The summed E-state index contributed by atoms with van der Waals surface area (Å²) in [5.41, 5.74) is 11.9. The number of rotatable bonds is 8. The molecule has 0 aliphatic carbocycles. The van der Waals surface area contributed by atoms with Crippen molar-refractivity contribution in [3.05, 3.63) is 71.4 Å². The van der Waals surface area contributed by atoms with Gasteiger partial charge < -0.3 is 19.9 Å². The SMILES string of the molecule is COCCCn1c(C2CCCN(C(=O)[C@@H]3CN(Cc4ccccc4)C[C@H]3N)C2)c(C)c2ccccc21. The number of methoxy groups -OCH3 is 1. The molecule has 3 aromatic rings. The first-order chi connectivity index (χ1) is 17.6. The van der Waals surface area contributed by atoms with E-state index in [2.05, 4.69) is 69.8 Å². The van der Waals surface area contributed by atoms with E-state index in [4.69, 9.17) is 10.5 Å². The van der Waals surface area contributed by atoms with Crippen LogP contribution in [-0.2, 0) is 22.6 Å². The zero-order chi connectivity index (χ0) is 25.1. The molecule has 3 heterocycles. The van der Waals surface area contributed by atoms with Crippen LogP contribution in [0.1, 0.15) is 42.0 Å². The summed E-state index contributed by atoms with van der Waals surface area (Å²) >= 11 is 0. The lowest BCUT2D eigenvalue weighted by molar-refractivity contribution is -0.136. The molecule has 6 nitrogen and oxygen atoms in total. The summed E-state index contributed by atoms with van der Waals surface area (Å²) in [5, 5.41) is 1.32. The molecule has 2 fully saturated rings. The average molecular weight is 489 g/mol. The highest BCUT2D eigenvalue weighted by molar-refractivity contribution is 5.86. The number of hydrogen-bond donors (Lipinski definition) is 1. The zero-order valence-electron chi connectivity index (χ0n) is 21.7. The molecule has 0 saturated carbocycles. The topological polar surface area (TPSA) is 63.7 Å². The van der Waals surface area contributed by atoms with E-state index >= 15 is 0 Å². The number of ether oxygens (including phenoxy) is 1. The van der Waals surface area contributed by atoms with Crippen LogP contribution in [-0.4, -0.2) is 66.2 Å². The molecule has 36 heavy (non-hydrogen) atoms. The third-order valence-electron chi connectivity index (χ3n) is 8.13. The number of piperidine rings is 1. The van der Waals surface area contributed by atoms with Crippen LogP contribution in [0.5, 0.6) is 0 Å². The summed E-state index contributed by atoms with van der Waals surface area (Å²) in [6.07, 6.45) is 3.12. The molecular weight excluding hydrogens is 448 g/mol. The molecule has 1 unspecified atom stereocenters. The van der Waals surface area contributed by atoms with Gasteiger partial charge in [0, 0.05) is 81.5 Å². The van der Waals surface area contributed by atoms with Gasteiger partial charge in [0.05, 0.1) is 5.92 Å². The second-order valence-electron chi connectivity index (χ2n) is 10.6. The Kier molecular flexibility index (Phi) is 7.75. The molecule has 0 bridgehead atoms. The van der Waals surface area contributed by atoms with E-state index < -0.39 is 0 Å². The van der Waals surface area contributed by atoms with Crippen molar-refractivity contribution in [3.8, 4) is 0 Å². The van der Waals surface area contributed by atoms with Crippen molar-refractivity contribution in [2.24, 2.45) is 11.7 Å². The van der Waals surface area contributed by atoms with Gasteiger partial charge in [-0.15, -0.1) is 0 Å². The van der Waals surface area contributed by atoms with E-state index in [0.29, 0.717) is 5.92 Å². The molecule has 192 valence electrons. The fourth-order valence-corrected chi connectivity index (χ4v) is 6.41. The number of benzene rings is 2. The summed E-state index contributed by atoms with van der Waals surface area (Å²) in [6.45, 7) is 7.91. The van der Waals surface area contributed by atoms with Crippen molar-refractivity contribution in [3.63, 3.8) is 0 Å². The van der Waals surface area contributed by atoms with Crippen LogP contribution in [0.25, 0.3) is 10.9 Å². The van der Waals surface area contributed by atoms with E-state index in [1.54, 1.807) is 7.11 Å². The van der Waals surface area contributed by atoms with Gasteiger partial charge in [0.15, 0.2) is 0 Å². The molecular formula is C30H40N4O2. The monoisotopic (exact) mass is 488 g/mol. The molecule has 2 N–H and O–H groups in total. The third-order valence-corrected chi connectivity index (χ3v) is 8.13. The predicted molar refractivity (Wildman–Crippen MR) is 145 cm³/mol. The maximum absolute atomic E-state index is 13.7. The Morgan fingerprint density at radius 1 is 1.06 bits per heavy atom. The van der Waals surface area contributed by atoms with Gasteiger partial charge in [0.2, 0.25) is 5.91 Å². The van der Waals surface area contributed by atoms with Crippen LogP contribution in [0.2, 0.25) is 0 Å². The van der Waals surface area contributed by atoms with Gasteiger partial charge in [0.1, 0.15) is 0 Å². The largest absolute Gasteiger partial charge is 0.385 e. The molecule has 2 aliphatic rings. The van der Waals surface area contributed by atoms with Gasteiger partial charge in [-0.25, -0.2) is 0 Å². The second-order valence-corrected chi connectivity index (χ2v) is 10.6. The number of para-hydroxylation sites is 1. The van der Waals surface area contributed by atoms with Crippen molar-refractivity contribution in [2.75, 3.05) is 39.9 Å². The number of nitrogens with zero attached hydrogens (tertiary/aromatic N) is 3. The Morgan fingerprint density at radius 3 is 2.64 bits per heavy atom. The first kappa shape index (κ1) is 25.0. The second kappa shape index (κ2) is 11.2. The van der Waals surface area contributed by atoms with Crippen molar-refractivity contribution in [2.45, 2.75) is 51.2 Å². The van der Waals surface area contributed by atoms with E-state index in [0.717, 1.165) is 65.1 Å². The minimum atomic E-state index is -0.124. The molecule has 2 aliphatic heterocycles. The van der Waals surface area contributed by atoms with Gasteiger partial charge in [-0.2, -0.15) is 0 Å². The number of amides is 1. The highest BCUT2D eigenvalue weighted by Crippen LogP contribution is 2.36. The summed E-state index contributed by atoms with van der Waals surface area (Å²) in [7, 11) is 1.76. The number of fused-ring (bicyclic) bond motifs is 1. The van der Waals surface area contributed by atoms with Gasteiger partial charge in [-0.05, 0) is 43.4 Å². The van der Waals surface area contributed by atoms with Crippen molar-refractivity contribution in [1.82, 2.24) is 14.4 Å². The molecule has 3 atom stereocenters. The molecule has 1 amide bonds. The van der Waals surface area contributed by atoms with Crippen LogP contribution in [0.4, 0.5) is 0 Å². The predicted octanol–water partition coefficient (Wildman–Crippen LogP) is 4.15. The average Bonchev–Trinajstić information content (AvgIpc) is 3.41. The van der Waals surface area contributed by atoms with E-state index in [1.807, 2.05) is 6.07 Å². The normalized spacial score (nSPS) is 23.0. The lowest BCUT2D eigenvalue weighted by Crippen LogP contribution is -2.47. The standard InChI is InChI=1S/C30H40N4O2/c1-22-25-13-6-7-14-28(25)34(16-9-17-36-2)29(22)24-12-8-15-33(19-24)30(35)26-20-32(21-27(26)31)18-23-10-4-3-5-11-23/h3-7,10-11,13-14,24,26-27H,8-9,12,15-21,31H2,1-2H3/t24?,26-,27-/m1/s1. The summed E-state index contributed by atoms with van der Waals surface area (Å²) in [6, 6.07) is 19.1. The van der Waals surface area contributed by atoms with Gasteiger partial charge in [-0.3, -0.25) is 9.69 Å². The number of hydrogen-bond acceptors (Lipinski definition) is 4. The zero-order valence-corrected chi connectivity index (χ0v) is 21.7. The Labute approximate surface area is 215 Å². The number of likely N-dealkylation sites (tertiary alicyclic amines) is 2. The highest BCUT2D eigenvalue weighted by Gasteiger charge is 2.39. The van der Waals surface area contributed by atoms with E-state index in [-0.39, 0.29) is 17.9 Å². The molecule has 1 aromatic heterocycles. The smallest absolute Gasteiger partial charge is 0.228 e. The minimum absolute atomic E-state index is 0.108. The number of nitrogens with two attached hydrogens (primary N) is 1. The summed E-state index contributed by atoms with van der Waals surface area (Å²) < 4.78 is 7.84. The third kappa shape index (κ3) is 5.08. The van der Waals surface area contributed by atoms with Crippen molar-refractivity contribution < 1.29 is 9.53 Å². The number of carbonyl (C=O) groups excluding carboxylic acids is 1. The van der Waals surface area contributed by atoms with Gasteiger partial charge >= 0.3 is 0 Å². The van der Waals surface area contributed by atoms with E-state index in [1.165, 1.54) is 27.7 Å². The quantitative estimate of drug-likeness (QED) is 0.484. The molecule has 5 rings (SSSR count). The lowest BCUT2D eigenvalue weighted by atomic mass is 9.90. The van der Waals surface area contributed by atoms with Crippen LogP contribution < -0.4 is 5.73 Å². The van der Waals surface area contributed by atoms with Crippen LogP contribution in [0, 0.1) is 12.8 Å². The van der Waals surface area contributed by atoms with Gasteiger partial charge in [0.25, 0.3) is 0 Å². The van der Waals surface area contributed by atoms with Gasteiger partial charge in [-0.1, -0.05) is 48.5 Å². The Balaban J connectivity index is 1.32. The van der Waals surface area contributed by atoms with Crippen molar-refractivity contribution >= 4 is 16.8 Å². The Bertz CT molecular complexity index is 1170. The number of aryl methyl sites for hydroxylation is 2. The Morgan fingerprint density at radius 2 is 1.83 bits per heavy atom. The number of carbonyl (C=O) groups is 1. The van der Waals surface area contributed by atoms with Crippen LogP contribution in [0.15, 0.2) is 54.6 Å². The summed E-state index contributed by atoms with van der Waals surface area (Å²) in [4.78, 5) is 18.2. The molecule has 0 spiro atoms. The fraction of sp³-hybridized carbons (Fsp3) is 0.500. The van der Waals surface area contributed by atoms with Crippen LogP contribution >= 0.6 is 0 Å². The first-order valence-electron chi connectivity index (χ1n) is 13.4. The van der Waals surface area contributed by atoms with Crippen LogP contribution in [0.3, 0.4) is 0 Å². The first-order valence-corrected chi connectivity index (χ1v) is 13.4. The molecule has 0 radical (unpaired) electrons. The lowest BCUT2D eigenvalue weighted by Gasteiger charge is -2.36. The fourth-order valence-electron chi connectivity index (χ4n) is 6.41. The highest BCUT2D eigenvalue weighted by atomic mass is 16.5. The molecule has 2 aromatic carbocycles. The maximum atomic E-state index is 13.7. The Hall–Kier alpha value is -2.67. The summed E-state index contributed by atoms with van der Waals surface area (Å²) in [5.74, 6) is 0.458. The van der Waals surface area contributed by atoms with Crippen molar-refractivity contribution in [1.29, 1.82) is 0 Å². The molecule has 2 saturated heterocycles. The maximum Gasteiger partial charge on any atom is 0.228 e. The number of aromatic nitrogens is 1. The van der Waals surface area contributed by atoms with E-state index in [9.17, 15) is 4.79 Å².